The molecule has 1 fully saturated rings. The van der Waals surface area contributed by atoms with Crippen LogP contribution in [0.15, 0.2) is 15.9 Å². The van der Waals surface area contributed by atoms with Gasteiger partial charge in [0.25, 0.3) is 0 Å². The van der Waals surface area contributed by atoms with E-state index in [2.05, 4.69) is 47.2 Å². The van der Waals surface area contributed by atoms with E-state index in [1.807, 2.05) is 11.3 Å². The Bertz CT molecular complexity index is 383. The number of halogens is 1. The average molecular weight is 317 g/mol. The van der Waals surface area contributed by atoms with Crippen molar-refractivity contribution in [3.63, 3.8) is 0 Å². The van der Waals surface area contributed by atoms with E-state index in [1.165, 1.54) is 21.5 Å². The van der Waals surface area contributed by atoms with Crippen LogP contribution in [-0.2, 0) is 5.41 Å². The van der Waals surface area contributed by atoms with Gasteiger partial charge < -0.3 is 11.1 Å². The van der Waals surface area contributed by atoms with Gasteiger partial charge in [0.15, 0.2) is 0 Å². The van der Waals surface area contributed by atoms with Crippen LogP contribution in [0.2, 0.25) is 0 Å². The number of hydrogen-bond donors (Lipinski definition) is 2. The molecule has 0 bridgehead atoms. The van der Waals surface area contributed by atoms with Crippen molar-refractivity contribution in [2.24, 2.45) is 11.1 Å². The normalized spacial score (nSPS) is 18.4. The van der Waals surface area contributed by atoms with Crippen LogP contribution < -0.4 is 11.1 Å². The zero-order valence-electron chi connectivity index (χ0n) is 10.6. The van der Waals surface area contributed by atoms with Gasteiger partial charge in [-0.3, -0.25) is 0 Å². The topological polar surface area (TPSA) is 38.0 Å². The summed E-state index contributed by atoms with van der Waals surface area (Å²) in [6.45, 7) is 7.49. The van der Waals surface area contributed by atoms with Gasteiger partial charge in [-0.2, -0.15) is 0 Å². The third-order valence-electron chi connectivity index (χ3n) is 3.70. The Balaban J connectivity index is 1.85. The maximum Gasteiger partial charge on any atom is 0.0701 e. The van der Waals surface area contributed by atoms with E-state index in [1.54, 1.807) is 0 Å². The second-order valence-electron chi connectivity index (χ2n) is 5.80. The molecule has 3 N–H and O–H groups in total. The SMILES string of the molecule is CC(C)(CNCC1(CN)CC1)c1ccc(Br)s1. The largest absolute Gasteiger partial charge is 0.330 e. The minimum absolute atomic E-state index is 0.196. The summed E-state index contributed by atoms with van der Waals surface area (Å²) < 4.78 is 1.21. The van der Waals surface area contributed by atoms with Gasteiger partial charge in [0.05, 0.1) is 3.79 Å². The number of thiophene rings is 1. The molecule has 1 aliphatic carbocycles. The lowest BCUT2D eigenvalue weighted by molar-refractivity contribution is 0.414. The van der Waals surface area contributed by atoms with E-state index in [-0.39, 0.29) is 5.41 Å². The summed E-state index contributed by atoms with van der Waals surface area (Å²) in [6.07, 6.45) is 2.59. The van der Waals surface area contributed by atoms with E-state index in [0.29, 0.717) is 5.41 Å². The van der Waals surface area contributed by atoms with Crippen LogP contribution in [0.1, 0.15) is 31.6 Å². The molecule has 96 valence electrons. The van der Waals surface area contributed by atoms with Crippen LogP contribution in [0.25, 0.3) is 0 Å². The molecular formula is C13H21BrN2S. The summed E-state index contributed by atoms with van der Waals surface area (Å²) in [7, 11) is 0. The molecule has 4 heteroatoms. The second-order valence-corrected chi connectivity index (χ2v) is 8.26. The number of nitrogens with one attached hydrogen (secondary N) is 1. The maximum atomic E-state index is 5.79. The molecule has 1 aromatic rings. The fourth-order valence-electron chi connectivity index (χ4n) is 2.04. The molecule has 0 radical (unpaired) electrons. The van der Waals surface area contributed by atoms with Gasteiger partial charge in [0.2, 0.25) is 0 Å². The summed E-state index contributed by atoms with van der Waals surface area (Å²) in [4.78, 5) is 1.43. The highest BCUT2D eigenvalue weighted by Gasteiger charge is 2.40. The zero-order valence-corrected chi connectivity index (χ0v) is 13.0. The van der Waals surface area contributed by atoms with E-state index < -0.39 is 0 Å². The van der Waals surface area contributed by atoms with Crippen molar-refractivity contribution in [1.29, 1.82) is 0 Å². The molecule has 0 aliphatic heterocycles. The Morgan fingerprint density at radius 1 is 1.47 bits per heavy atom. The van der Waals surface area contributed by atoms with E-state index >= 15 is 0 Å². The highest BCUT2D eigenvalue weighted by atomic mass is 79.9. The van der Waals surface area contributed by atoms with Crippen LogP contribution in [0, 0.1) is 5.41 Å². The van der Waals surface area contributed by atoms with Crippen LogP contribution in [0.3, 0.4) is 0 Å². The summed E-state index contributed by atoms with van der Waals surface area (Å²) in [5.74, 6) is 0. The maximum absolute atomic E-state index is 5.79. The van der Waals surface area contributed by atoms with E-state index in [0.717, 1.165) is 19.6 Å². The second kappa shape index (κ2) is 5.00. The predicted octanol–water partition coefficient (Wildman–Crippen LogP) is 3.12. The molecule has 1 aromatic heterocycles. The smallest absolute Gasteiger partial charge is 0.0701 e. The quantitative estimate of drug-likeness (QED) is 0.846. The van der Waals surface area contributed by atoms with Crippen LogP contribution in [0.4, 0.5) is 0 Å². The Morgan fingerprint density at radius 3 is 2.65 bits per heavy atom. The third-order valence-corrected chi connectivity index (χ3v) is 5.69. The Labute approximate surface area is 116 Å². The Hall–Kier alpha value is 0.1000. The Kier molecular flexibility index (Phi) is 3.98. The van der Waals surface area contributed by atoms with Crippen molar-refractivity contribution in [1.82, 2.24) is 5.32 Å². The summed E-state index contributed by atoms with van der Waals surface area (Å²) in [5, 5.41) is 3.60. The zero-order chi connectivity index (χ0) is 12.5. The van der Waals surface area contributed by atoms with Crippen LogP contribution in [-0.4, -0.2) is 19.6 Å². The first-order valence-corrected chi connectivity index (χ1v) is 7.75. The molecule has 0 aromatic carbocycles. The molecule has 0 saturated heterocycles. The van der Waals surface area contributed by atoms with Gasteiger partial charge in [-0.1, -0.05) is 13.8 Å². The van der Waals surface area contributed by atoms with E-state index in [4.69, 9.17) is 5.73 Å². The molecule has 1 heterocycles. The molecule has 2 nitrogen and oxygen atoms in total. The summed E-state index contributed by atoms with van der Waals surface area (Å²) >= 11 is 5.35. The molecule has 17 heavy (non-hydrogen) atoms. The highest BCUT2D eigenvalue weighted by molar-refractivity contribution is 9.11. The lowest BCUT2D eigenvalue weighted by Crippen LogP contribution is -2.37. The monoisotopic (exact) mass is 316 g/mol. The minimum atomic E-state index is 0.196. The van der Waals surface area contributed by atoms with Crippen molar-refractivity contribution in [3.8, 4) is 0 Å². The molecule has 0 spiro atoms. The van der Waals surface area contributed by atoms with Crippen molar-refractivity contribution in [2.45, 2.75) is 32.1 Å². The van der Waals surface area contributed by atoms with Gasteiger partial charge in [-0.25, -0.2) is 0 Å². The molecule has 1 aliphatic rings. The standard InChI is InChI=1S/C13H21BrN2S/c1-12(2,10-3-4-11(14)17-10)8-16-9-13(7-15)5-6-13/h3-4,16H,5-9,15H2,1-2H3. The highest BCUT2D eigenvalue weighted by Crippen LogP contribution is 2.43. The minimum Gasteiger partial charge on any atom is -0.330 e. The number of hydrogen-bond acceptors (Lipinski definition) is 3. The number of rotatable bonds is 6. The molecule has 1 saturated carbocycles. The molecular weight excluding hydrogens is 296 g/mol. The van der Waals surface area contributed by atoms with Crippen LogP contribution in [0.5, 0.6) is 0 Å². The first-order valence-electron chi connectivity index (χ1n) is 6.14. The first-order chi connectivity index (χ1) is 7.97. The average Bonchev–Trinajstić information content (AvgIpc) is 2.92. The molecule has 0 unspecified atom stereocenters. The van der Waals surface area contributed by atoms with Gasteiger partial charge >= 0.3 is 0 Å². The van der Waals surface area contributed by atoms with Crippen molar-refractivity contribution < 1.29 is 0 Å². The van der Waals surface area contributed by atoms with Gasteiger partial charge in [0, 0.05) is 23.4 Å². The van der Waals surface area contributed by atoms with Crippen molar-refractivity contribution in [2.75, 3.05) is 19.6 Å². The fourth-order valence-corrected chi connectivity index (χ4v) is 3.52. The summed E-state index contributed by atoms with van der Waals surface area (Å²) in [6, 6.07) is 4.34. The number of nitrogens with two attached hydrogens (primary N) is 1. The van der Waals surface area contributed by atoms with Crippen molar-refractivity contribution >= 4 is 27.3 Å². The van der Waals surface area contributed by atoms with Gasteiger partial charge in [-0.15, -0.1) is 11.3 Å². The fraction of sp³-hybridized carbons (Fsp3) is 0.692. The molecule has 2 rings (SSSR count). The lowest BCUT2D eigenvalue weighted by atomic mass is 9.91. The first kappa shape index (κ1) is 13.5. The van der Waals surface area contributed by atoms with Crippen molar-refractivity contribution in [3.05, 3.63) is 20.8 Å². The van der Waals surface area contributed by atoms with Gasteiger partial charge in [0.1, 0.15) is 0 Å². The summed E-state index contributed by atoms with van der Waals surface area (Å²) in [5.41, 5.74) is 6.41. The predicted molar refractivity (Wildman–Crippen MR) is 78.6 cm³/mol. The van der Waals surface area contributed by atoms with E-state index in [9.17, 15) is 0 Å². The van der Waals surface area contributed by atoms with Crippen LogP contribution >= 0.6 is 27.3 Å². The Morgan fingerprint density at radius 2 is 2.18 bits per heavy atom. The lowest BCUT2D eigenvalue weighted by Gasteiger charge is -2.25. The third kappa shape index (κ3) is 3.31. The molecule has 0 atom stereocenters. The van der Waals surface area contributed by atoms with Gasteiger partial charge in [-0.05, 0) is 52.9 Å². The molecule has 0 amide bonds.